The number of amides is 1. The van der Waals surface area contributed by atoms with E-state index in [4.69, 9.17) is 28.9 Å². The van der Waals surface area contributed by atoms with Crippen LogP contribution in [0.25, 0.3) is 0 Å². The zero-order chi connectivity index (χ0) is 13.1. The van der Waals surface area contributed by atoms with Crippen LogP contribution in [0, 0.1) is 0 Å². The van der Waals surface area contributed by atoms with Crippen molar-refractivity contribution in [1.82, 2.24) is 0 Å². The average molecular weight is 281 g/mol. The summed E-state index contributed by atoms with van der Waals surface area (Å²) in [7, 11) is 0. The predicted molar refractivity (Wildman–Crippen MR) is 75.3 cm³/mol. The minimum Gasteiger partial charge on any atom is -0.398 e. The van der Waals surface area contributed by atoms with Crippen molar-refractivity contribution in [2.45, 2.75) is 0 Å². The molecule has 0 saturated carbocycles. The second-order valence-corrected chi connectivity index (χ2v) is 4.54. The Morgan fingerprint density at radius 3 is 2.56 bits per heavy atom. The smallest absolute Gasteiger partial charge is 0.255 e. The van der Waals surface area contributed by atoms with Crippen molar-refractivity contribution in [3.05, 3.63) is 58.1 Å². The first-order valence-corrected chi connectivity index (χ1v) is 5.94. The molecule has 0 aliphatic rings. The van der Waals surface area contributed by atoms with Gasteiger partial charge in [-0.05, 0) is 36.4 Å². The molecule has 0 aromatic heterocycles. The summed E-state index contributed by atoms with van der Waals surface area (Å²) in [4.78, 5) is 11.9. The summed E-state index contributed by atoms with van der Waals surface area (Å²) in [6.07, 6.45) is 0. The van der Waals surface area contributed by atoms with E-state index in [2.05, 4.69) is 5.32 Å². The minimum atomic E-state index is -0.265. The molecule has 18 heavy (non-hydrogen) atoms. The molecule has 2 aromatic rings. The Bertz CT molecular complexity index is 599. The van der Waals surface area contributed by atoms with E-state index in [0.717, 1.165) is 0 Å². The lowest BCUT2D eigenvalue weighted by Crippen LogP contribution is -2.11. The normalized spacial score (nSPS) is 10.1. The number of hydrogen-bond acceptors (Lipinski definition) is 2. The Hall–Kier alpha value is -1.71. The largest absolute Gasteiger partial charge is 0.398 e. The molecule has 0 atom stereocenters. The third kappa shape index (κ3) is 2.94. The van der Waals surface area contributed by atoms with Crippen molar-refractivity contribution in [3.8, 4) is 0 Å². The van der Waals surface area contributed by atoms with Crippen LogP contribution >= 0.6 is 23.2 Å². The Balaban J connectivity index is 2.19. The van der Waals surface area contributed by atoms with Crippen molar-refractivity contribution in [3.63, 3.8) is 0 Å². The molecule has 0 heterocycles. The molecule has 0 radical (unpaired) electrons. The number of carbonyl (C=O) groups excluding carboxylic acids is 1. The van der Waals surface area contributed by atoms with Gasteiger partial charge in [0.05, 0.1) is 10.7 Å². The number of rotatable bonds is 2. The molecule has 0 aliphatic carbocycles. The van der Waals surface area contributed by atoms with Crippen LogP contribution in [0.4, 0.5) is 11.4 Å². The van der Waals surface area contributed by atoms with Crippen LogP contribution in [0.1, 0.15) is 10.4 Å². The number of nitrogen functional groups attached to an aromatic ring is 1. The van der Waals surface area contributed by atoms with E-state index < -0.39 is 0 Å². The van der Waals surface area contributed by atoms with E-state index in [1.807, 2.05) is 0 Å². The number of nitrogens with one attached hydrogen (secondary N) is 1. The Morgan fingerprint density at radius 1 is 1.11 bits per heavy atom. The van der Waals surface area contributed by atoms with Crippen LogP contribution in [0.5, 0.6) is 0 Å². The second-order valence-electron chi connectivity index (χ2n) is 3.70. The number of anilines is 2. The van der Waals surface area contributed by atoms with Crippen molar-refractivity contribution in [1.29, 1.82) is 0 Å². The number of carbonyl (C=O) groups is 1. The summed E-state index contributed by atoms with van der Waals surface area (Å²) >= 11 is 11.7. The molecule has 0 spiro atoms. The zero-order valence-corrected chi connectivity index (χ0v) is 10.8. The maximum Gasteiger partial charge on any atom is 0.255 e. The van der Waals surface area contributed by atoms with Crippen LogP contribution in [0.3, 0.4) is 0 Å². The number of halogens is 2. The molecule has 92 valence electrons. The fourth-order valence-electron chi connectivity index (χ4n) is 1.44. The van der Waals surface area contributed by atoms with Crippen LogP contribution in [-0.4, -0.2) is 5.91 Å². The van der Waals surface area contributed by atoms with Gasteiger partial charge in [-0.15, -0.1) is 0 Å². The van der Waals surface area contributed by atoms with Gasteiger partial charge in [-0.1, -0.05) is 29.3 Å². The number of hydrogen-bond donors (Lipinski definition) is 2. The summed E-state index contributed by atoms with van der Waals surface area (Å²) in [6, 6.07) is 11.6. The minimum absolute atomic E-state index is 0.265. The lowest BCUT2D eigenvalue weighted by atomic mass is 10.2. The molecule has 0 aliphatic heterocycles. The predicted octanol–water partition coefficient (Wildman–Crippen LogP) is 3.83. The van der Waals surface area contributed by atoms with Crippen molar-refractivity contribution >= 4 is 40.5 Å². The summed E-state index contributed by atoms with van der Waals surface area (Å²) < 4.78 is 0. The molecule has 3 nitrogen and oxygen atoms in total. The van der Waals surface area contributed by atoms with Crippen LogP contribution in [0.2, 0.25) is 10.0 Å². The highest BCUT2D eigenvalue weighted by atomic mass is 35.5. The van der Waals surface area contributed by atoms with Crippen LogP contribution in [-0.2, 0) is 0 Å². The summed E-state index contributed by atoms with van der Waals surface area (Å²) in [5, 5.41) is 3.64. The first-order chi connectivity index (χ1) is 8.56. The van der Waals surface area contributed by atoms with Gasteiger partial charge in [0.2, 0.25) is 0 Å². The van der Waals surface area contributed by atoms with E-state index in [1.165, 1.54) is 6.07 Å². The van der Waals surface area contributed by atoms with Crippen molar-refractivity contribution in [2.75, 3.05) is 11.1 Å². The number of benzene rings is 2. The van der Waals surface area contributed by atoms with Gasteiger partial charge in [0.1, 0.15) is 0 Å². The monoisotopic (exact) mass is 280 g/mol. The van der Waals surface area contributed by atoms with Crippen LogP contribution in [0.15, 0.2) is 42.5 Å². The third-order valence-corrected chi connectivity index (χ3v) is 2.91. The molecule has 1 amide bonds. The highest BCUT2D eigenvalue weighted by Crippen LogP contribution is 2.21. The molecule has 3 N–H and O–H groups in total. The molecule has 0 unspecified atom stereocenters. The molecule has 2 rings (SSSR count). The number of nitrogens with two attached hydrogens (primary N) is 1. The second kappa shape index (κ2) is 5.29. The standard InChI is InChI=1S/C13H10Cl2N2O/c14-9-2-1-3-10(7-9)17-13(18)8-4-5-12(16)11(15)6-8/h1-7H,16H2,(H,17,18). The van der Waals surface area contributed by atoms with E-state index >= 15 is 0 Å². The quantitative estimate of drug-likeness (QED) is 0.822. The molecule has 0 fully saturated rings. The van der Waals surface area contributed by atoms with E-state index in [0.29, 0.717) is 27.0 Å². The molecule has 0 saturated heterocycles. The third-order valence-electron chi connectivity index (χ3n) is 2.35. The SMILES string of the molecule is Nc1ccc(C(=O)Nc2cccc(Cl)c2)cc1Cl. The maximum atomic E-state index is 11.9. The van der Waals surface area contributed by atoms with Gasteiger partial charge in [0, 0.05) is 16.3 Å². The highest BCUT2D eigenvalue weighted by molar-refractivity contribution is 6.33. The molecule has 0 bridgehead atoms. The molecule has 2 aromatic carbocycles. The Morgan fingerprint density at radius 2 is 1.89 bits per heavy atom. The van der Waals surface area contributed by atoms with Gasteiger partial charge < -0.3 is 11.1 Å². The van der Waals surface area contributed by atoms with Gasteiger partial charge in [-0.3, -0.25) is 4.79 Å². The topological polar surface area (TPSA) is 55.1 Å². The summed E-state index contributed by atoms with van der Waals surface area (Å²) in [6.45, 7) is 0. The van der Waals surface area contributed by atoms with Crippen molar-refractivity contribution in [2.24, 2.45) is 0 Å². The van der Waals surface area contributed by atoms with E-state index in [9.17, 15) is 4.79 Å². The lowest BCUT2D eigenvalue weighted by Gasteiger charge is -2.06. The highest BCUT2D eigenvalue weighted by Gasteiger charge is 2.08. The fraction of sp³-hybridized carbons (Fsp3) is 0. The van der Waals surface area contributed by atoms with Crippen molar-refractivity contribution < 1.29 is 4.79 Å². The van der Waals surface area contributed by atoms with Gasteiger partial charge >= 0.3 is 0 Å². The lowest BCUT2D eigenvalue weighted by molar-refractivity contribution is 0.102. The first-order valence-electron chi connectivity index (χ1n) is 5.18. The Kier molecular flexibility index (Phi) is 3.75. The van der Waals surface area contributed by atoms with Gasteiger partial charge in [0.15, 0.2) is 0 Å². The van der Waals surface area contributed by atoms with E-state index in [1.54, 1.807) is 36.4 Å². The fourth-order valence-corrected chi connectivity index (χ4v) is 1.81. The molecular weight excluding hydrogens is 271 g/mol. The Labute approximate surface area is 115 Å². The summed E-state index contributed by atoms with van der Waals surface area (Å²) in [5.74, 6) is -0.265. The van der Waals surface area contributed by atoms with Gasteiger partial charge in [-0.25, -0.2) is 0 Å². The zero-order valence-electron chi connectivity index (χ0n) is 9.28. The van der Waals surface area contributed by atoms with Gasteiger partial charge in [0.25, 0.3) is 5.91 Å². The average Bonchev–Trinajstić information content (AvgIpc) is 2.32. The summed E-state index contributed by atoms with van der Waals surface area (Å²) in [5.41, 5.74) is 7.09. The van der Waals surface area contributed by atoms with Gasteiger partial charge in [-0.2, -0.15) is 0 Å². The molecule has 5 heteroatoms. The van der Waals surface area contributed by atoms with E-state index in [-0.39, 0.29) is 5.91 Å². The molecular formula is C13H10Cl2N2O. The maximum absolute atomic E-state index is 11.9. The van der Waals surface area contributed by atoms with Crippen LogP contribution < -0.4 is 11.1 Å². The first kappa shape index (κ1) is 12.7.